The molecule has 0 amide bonds. The van der Waals surface area contributed by atoms with Crippen LogP contribution in [0, 0.1) is 18.7 Å². The van der Waals surface area contributed by atoms with Gasteiger partial charge in [0.05, 0.1) is 11.9 Å². The number of aromatic nitrogens is 1. The summed E-state index contributed by atoms with van der Waals surface area (Å²) in [5.74, 6) is -0.995. The standard InChI is InChI=1S/C16H16FNO3/c1-9-12(7-14(19)20)16(21)11-3-2-4-13(17)15(11)18(9)8-10-5-6-10/h2-4,10H,5-8H2,1H3,(H,19,20). The van der Waals surface area contributed by atoms with E-state index in [1.165, 1.54) is 12.1 Å². The Morgan fingerprint density at radius 1 is 1.43 bits per heavy atom. The number of carboxylic acid groups (broad SMARTS) is 1. The number of para-hydroxylation sites is 1. The van der Waals surface area contributed by atoms with Crippen LogP contribution in [0.3, 0.4) is 0 Å². The molecule has 3 rings (SSSR count). The Balaban J connectivity index is 2.33. The minimum Gasteiger partial charge on any atom is -0.481 e. The van der Waals surface area contributed by atoms with Gasteiger partial charge in [-0.25, -0.2) is 4.39 Å². The largest absolute Gasteiger partial charge is 0.481 e. The van der Waals surface area contributed by atoms with Gasteiger partial charge < -0.3 is 9.67 Å². The Hall–Kier alpha value is -2.17. The lowest BCUT2D eigenvalue weighted by molar-refractivity contribution is -0.136. The number of aliphatic carboxylic acids is 1. The summed E-state index contributed by atoms with van der Waals surface area (Å²) in [4.78, 5) is 23.4. The van der Waals surface area contributed by atoms with E-state index in [2.05, 4.69) is 0 Å². The second-order valence-corrected chi connectivity index (χ2v) is 5.65. The topological polar surface area (TPSA) is 59.3 Å². The van der Waals surface area contributed by atoms with Crippen molar-refractivity contribution in [1.82, 2.24) is 4.57 Å². The Kier molecular flexibility index (Phi) is 3.27. The lowest BCUT2D eigenvalue weighted by Crippen LogP contribution is -2.22. The molecule has 0 bridgehead atoms. The minimum absolute atomic E-state index is 0.251. The number of benzene rings is 1. The molecular weight excluding hydrogens is 273 g/mol. The van der Waals surface area contributed by atoms with E-state index in [1.807, 2.05) is 0 Å². The van der Waals surface area contributed by atoms with E-state index < -0.39 is 11.8 Å². The molecule has 5 heteroatoms. The van der Waals surface area contributed by atoms with Crippen LogP contribution in [0.5, 0.6) is 0 Å². The average molecular weight is 289 g/mol. The molecule has 2 aromatic rings. The fourth-order valence-corrected chi connectivity index (χ4v) is 2.78. The minimum atomic E-state index is -1.05. The summed E-state index contributed by atoms with van der Waals surface area (Å²) in [6.45, 7) is 2.34. The number of hydrogen-bond donors (Lipinski definition) is 1. The molecule has 4 nitrogen and oxygen atoms in total. The van der Waals surface area contributed by atoms with Crippen LogP contribution in [0.25, 0.3) is 10.9 Å². The van der Waals surface area contributed by atoms with E-state index in [1.54, 1.807) is 17.6 Å². The lowest BCUT2D eigenvalue weighted by atomic mass is 10.0. The molecule has 1 N–H and O–H groups in total. The molecule has 0 aliphatic heterocycles. The smallest absolute Gasteiger partial charge is 0.308 e. The van der Waals surface area contributed by atoms with E-state index in [0.29, 0.717) is 23.7 Å². The number of nitrogens with zero attached hydrogens (tertiary/aromatic N) is 1. The monoisotopic (exact) mass is 289 g/mol. The number of rotatable bonds is 4. The number of hydrogen-bond acceptors (Lipinski definition) is 2. The van der Waals surface area contributed by atoms with Crippen LogP contribution in [0.2, 0.25) is 0 Å². The maximum Gasteiger partial charge on any atom is 0.308 e. The molecule has 1 saturated carbocycles. The van der Waals surface area contributed by atoms with Gasteiger partial charge in [0.2, 0.25) is 0 Å². The van der Waals surface area contributed by atoms with E-state index in [0.717, 1.165) is 12.8 Å². The Morgan fingerprint density at radius 2 is 2.14 bits per heavy atom. The normalized spacial score (nSPS) is 14.6. The van der Waals surface area contributed by atoms with Gasteiger partial charge in [-0.1, -0.05) is 6.07 Å². The molecule has 0 radical (unpaired) electrons. The van der Waals surface area contributed by atoms with Gasteiger partial charge in [0.1, 0.15) is 5.82 Å². The average Bonchev–Trinajstić information content (AvgIpc) is 3.23. The predicted octanol–water partition coefficient (Wildman–Crippen LogP) is 2.49. The molecule has 0 unspecified atom stereocenters. The highest BCUT2D eigenvalue weighted by molar-refractivity contribution is 5.82. The fourth-order valence-electron chi connectivity index (χ4n) is 2.78. The van der Waals surface area contributed by atoms with E-state index in [4.69, 9.17) is 5.11 Å². The molecule has 1 aromatic heterocycles. The zero-order valence-electron chi connectivity index (χ0n) is 11.7. The molecule has 1 aromatic carbocycles. The van der Waals surface area contributed by atoms with E-state index >= 15 is 0 Å². The van der Waals surface area contributed by atoms with Crippen LogP contribution < -0.4 is 5.43 Å². The van der Waals surface area contributed by atoms with Gasteiger partial charge in [-0.3, -0.25) is 9.59 Å². The number of pyridine rings is 1. The summed E-state index contributed by atoms with van der Waals surface area (Å²) < 4.78 is 16.0. The van der Waals surface area contributed by atoms with Crippen LogP contribution in [0.4, 0.5) is 4.39 Å². The Bertz CT molecular complexity index is 790. The first kappa shape index (κ1) is 13.8. The van der Waals surface area contributed by atoms with Crippen molar-refractivity contribution in [1.29, 1.82) is 0 Å². The van der Waals surface area contributed by atoms with Gasteiger partial charge in [-0.05, 0) is 37.8 Å². The van der Waals surface area contributed by atoms with Crippen LogP contribution in [-0.4, -0.2) is 15.6 Å². The molecule has 0 atom stereocenters. The Morgan fingerprint density at radius 3 is 2.76 bits per heavy atom. The molecule has 1 aliphatic rings. The molecule has 1 aliphatic carbocycles. The third-order valence-corrected chi connectivity index (χ3v) is 4.08. The van der Waals surface area contributed by atoms with Gasteiger partial charge >= 0.3 is 5.97 Å². The van der Waals surface area contributed by atoms with Crippen molar-refractivity contribution in [2.24, 2.45) is 5.92 Å². The third kappa shape index (κ3) is 2.44. The second-order valence-electron chi connectivity index (χ2n) is 5.65. The summed E-state index contributed by atoms with van der Waals surface area (Å²) in [5.41, 5.74) is 0.727. The van der Waals surface area contributed by atoms with Crippen molar-refractivity contribution >= 4 is 16.9 Å². The van der Waals surface area contributed by atoms with Crippen molar-refractivity contribution in [3.63, 3.8) is 0 Å². The molecule has 1 heterocycles. The number of fused-ring (bicyclic) bond motifs is 1. The first-order chi connectivity index (χ1) is 9.99. The van der Waals surface area contributed by atoms with Gasteiger partial charge in [-0.2, -0.15) is 0 Å². The first-order valence-electron chi connectivity index (χ1n) is 7.01. The highest BCUT2D eigenvalue weighted by Gasteiger charge is 2.25. The van der Waals surface area contributed by atoms with Crippen molar-refractivity contribution < 1.29 is 14.3 Å². The van der Waals surface area contributed by atoms with Gasteiger partial charge in [-0.15, -0.1) is 0 Å². The maximum absolute atomic E-state index is 14.2. The lowest BCUT2D eigenvalue weighted by Gasteiger charge is -2.18. The molecule has 21 heavy (non-hydrogen) atoms. The Labute approximate surface area is 120 Å². The van der Waals surface area contributed by atoms with Crippen LogP contribution in [-0.2, 0) is 17.8 Å². The van der Waals surface area contributed by atoms with Crippen LogP contribution >= 0.6 is 0 Å². The van der Waals surface area contributed by atoms with Crippen molar-refractivity contribution in [2.75, 3.05) is 0 Å². The second kappa shape index (κ2) is 4.98. The highest BCUT2D eigenvalue weighted by Crippen LogP contribution is 2.32. The number of carboxylic acids is 1. The molecule has 110 valence electrons. The summed E-state index contributed by atoms with van der Waals surface area (Å²) in [6.07, 6.45) is 1.85. The highest BCUT2D eigenvalue weighted by atomic mass is 19.1. The third-order valence-electron chi connectivity index (χ3n) is 4.08. The van der Waals surface area contributed by atoms with Crippen molar-refractivity contribution in [3.8, 4) is 0 Å². The summed E-state index contributed by atoms with van der Waals surface area (Å²) in [7, 11) is 0. The van der Waals surface area contributed by atoms with E-state index in [9.17, 15) is 14.0 Å². The number of halogens is 1. The summed E-state index contributed by atoms with van der Waals surface area (Å²) in [5, 5.41) is 9.27. The number of carbonyl (C=O) groups is 1. The molecule has 0 saturated heterocycles. The maximum atomic E-state index is 14.2. The molecule has 1 fully saturated rings. The zero-order chi connectivity index (χ0) is 15.1. The van der Waals surface area contributed by atoms with Gasteiger partial charge in [0, 0.05) is 23.2 Å². The fraction of sp³-hybridized carbons (Fsp3) is 0.375. The van der Waals surface area contributed by atoms with Gasteiger partial charge in [0.25, 0.3) is 0 Å². The van der Waals surface area contributed by atoms with Gasteiger partial charge in [0.15, 0.2) is 5.43 Å². The summed E-state index contributed by atoms with van der Waals surface area (Å²) >= 11 is 0. The quantitative estimate of drug-likeness (QED) is 0.940. The predicted molar refractivity (Wildman–Crippen MR) is 77.0 cm³/mol. The van der Waals surface area contributed by atoms with Crippen molar-refractivity contribution in [2.45, 2.75) is 32.7 Å². The van der Waals surface area contributed by atoms with E-state index in [-0.39, 0.29) is 22.8 Å². The SMILES string of the molecule is Cc1c(CC(=O)O)c(=O)c2cccc(F)c2n1CC1CC1. The molecular formula is C16H16FNO3. The molecule has 0 spiro atoms. The summed E-state index contributed by atoms with van der Waals surface area (Å²) in [6, 6.07) is 4.39. The van der Waals surface area contributed by atoms with Crippen LogP contribution in [0.1, 0.15) is 24.1 Å². The first-order valence-corrected chi connectivity index (χ1v) is 7.01. The van der Waals surface area contributed by atoms with Crippen molar-refractivity contribution in [3.05, 3.63) is 45.5 Å². The zero-order valence-corrected chi connectivity index (χ0v) is 11.7. The van der Waals surface area contributed by atoms with Crippen LogP contribution in [0.15, 0.2) is 23.0 Å².